The van der Waals surface area contributed by atoms with Crippen LogP contribution in [-0.2, 0) is 0 Å². The summed E-state index contributed by atoms with van der Waals surface area (Å²) in [6, 6.07) is 12.8. The Kier molecular flexibility index (Phi) is 4.05. The van der Waals surface area contributed by atoms with Gasteiger partial charge in [0.2, 0.25) is 6.79 Å². The quantitative estimate of drug-likeness (QED) is 0.495. The Labute approximate surface area is 135 Å². The third-order valence-electron chi connectivity index (χ3n) is 2.86. The summed E-state index contributed by atoms with van der Waals surface area (Å²) >= 11 is 2.22. The summed E-state index contributed by atoms with van der Waals surface area (Å²) in [4.78, 5) is 12.0. The average Bonchev–Trinajstić information content (AvgIpc) is 2.94. The molecule has 0 saturated carbocycles. The van der Waals surface area contributed by atoms with Crippen LogP contribution < -0.4 is 14.9 Å². The van der Waals surface area contributed by atoms with Gasteiger partial charge in [0.1, 0.15) is 0 Å². The van der Waals surface area contributed by atoms with Crippen molar-refractivity contribution in [2.45, 2.75) is 0 Å². The largest absolute Gasteiger partial charge is 0.454 e. The van der Waals surface area contributed by atoms with Gasteiger partial charge < -0.3 is 9.47 Å². The lowest BCUT2D eigenvalue weighted by atomic mass is 10.2. The summed E-state index contributed by atoms with van der Waals surface area (Å²) in [7, 11) is 0. The van der Waals surface area contributed by atoms with E-state index in [-0.39, 0.29) is 12.7 Å². The van der Waals surface area contributed by atoms with E-state index >= 15 is 0 Å². The molecule has 3 rings (SSSR count). The fraction of sp³-hybridized carbons (Fsp3) is 0.0667. The van der Waals surface area contributed by atoms with Gasteiger partial charge in [-0.1, -0.05) is 12.1 Å². The molecule has 2 aromatic rings. The molecule has 1 amide bonds. The van der Waals surface area contributed by atoms with Gasteiger partial charge in [-0.25, -0.2) is 5.43 Å². The van der Waals surface area contributed by atoms with Crippen molar-refractivity contribution in [1.82, 2.24) is 5.43 Å². The molecule has 0 unspecified atom stereocenters. The van der Waals surface area contributed by atoms with Crippen molar-refractivity contribution in [3.05, 3.63) is 57.2 Å². The number of hydrogen-bond donors (Lipinski definition) is 1. The number of fused-ring (bicyclic) bond motifs is 1. The molecule has 0 spiro atoms. The molecule has 1 heterocycles. The minimum absolute atomic E-state index is 0.186. The standard InChI is InChI=1S/C15H11IN2O3/c16-12-3-1-2-10(6-12)8-17-18-15(19)11-4-5-13-14(7-11)21-9-20-13/h1-8H,9H2,(H,18,19)/b17-8-. The summed E-state index contributed by atoms with van der Waals surface area (Å²) in [5.74, 6) is 0.924. The van der Waals surface area contributed by atoms with E-state index in [9.17, 15) is 4.79 Å². The second-order valence-corrected chi connectivity index (χ2v) is 5.57. The molecule has 1 aliphatic rings. The molecule has 0 aliphatic carbocycles. The van der Waals surface area contributed by atoms with Crippen molar-refractivity contribution >= 4 is 34.7 Å². The number of ether oxygens (including phenoxy) is 2. The van der Waals surface area contributed by atoms with Crippen molar-refractivity contribution in [3.63, 3.8) is 0 Å². The third-order valence-corrected chi connectivity index (χ3v) is 3.53. The number of nitrogens with zero attached hydrogens (tertiary/aromatic N) is 1. The summed E-state index contributed by atoms with van der Waals surface area (Å²) < 4.78 is 11.5. The van der Waals surface area contributed by atoms with Crippen LogP contribution in [0.4, 0.5) is 0 Å². The molecular weight excluding hydrogens is 383 g/mol. The molecule has 1 N–H and O–H groups in total. The Balaban J connectivity index is 1.66. The number of carbonyl (C=O) groups excluding carboxylic acids is 1. The molecule has 0 fully saturated rings. The Morgan fingerprint density at radius 2 is 2.05 bits per heavy atom. The number of nitrogens with one attached hydrogen (secondary N) is 1. The van der Waals surface area contributed by atoms with Crippen molar-refractivity contribution in [2.24, 2.45) is 5.10 Å². The summed E-state index contributed by atoms with van der Waals surface area (Å²) in [5, 5.41) is 3.95. The van der Waals surface area contributed by atoms with Crippen LogP contribution in [0.15, 0.2) is 47.6 Å². The topological polar surface area (TPSA) is 59.9 Å². The molecule has 106 valence electrons. The Bertz CT molecular complexity index is 716. The second kappa shape index (κ2) is 6.13. The van der Waals surface area contributed by atoms with Crippen molar-refractivity contribution < 1.29 is 14.3 Å². The van der Waals surface area contributed by atoms with Gasteiger partial charge in [0.05, 0.1) is 6.21 Å². The number of carbonyl (C=O) groups is 1. The van der Waals surface area contributed by atoms with Crippen LogP contribution in [0.5, 0.6) is 11.5 Å². The Morgan fingerprint density at radius 3 is 2.90 bits per heavy atom. The minimum atomic E-state index is -0.296. The first-order valence-corrected chi connectivity index (χ1v) is 7.29. The Hall–Kier alpha value is -2.09. The average molecular weight is 394 g/mol. The second-order valence-electron chi connectivity index (χ2n) is 4.32. The van der Waals surface area contributed by atoms with E-state index < -0.39 is 0 Å². The lowest BCUT2D eigenvalue weighted by molar-refractivity contribution is 0.0954. The lowest BCUT2D eigenvalue weighted by Crippen LogP contribution is -2.17. The van der Waals surface area contributed by atoms with Gasteiger partial charge in [-0.2, -0.15) is 5.10 Å². The first-order valence-electron chi connectivity index (χ1n) is 6.21. The molecule has 0 saturated heterocycles. The zero-order chi connectivity index (χ0) is 14.7. The van der Waals surface area contributed by atoms with Gasteiger partial charge in [-0.15, -0.1) is 0 Å². The molecule has 6 heteroatoms. The van der Waals surface area contributed by atoms with Crippen LogP contribution in [0, 0.1) is 3.57 Å². The molecular formula is C15H11IN2O3. The van der Waals surface area contributed by atoms with Crippen LogP contribution >= 0.6 is 22.6 Å². The number of benzene rings is 2. The van der Waals surface area contributed by atoms with Crippen LogP contribution in [0.1, 0.15) is 15.9 Å². The zero-order valence-electron chi connectivity index (χ0n) is 10.9. The molecule has 5 nitrogen and oxygen atoms in total. The molecule has 0 atom stereocenters. The maximum Gasteiger partial charge on any atom is 0.271 e. The van der Waals surface area contributed by atoms with E-state index in [1.165, 1.54) is 0 Å². The highest BCUT2D eigenvalue weighted by atomic mass is 127. The smallest absolute Gasteiger partial charge is 0.271 e. The highest BCUT2D eigenvalue weighted by molar-refractivity contribution is 14.1. The number of hydrazone groups is 1. The van der Waals surface area contributed by atoms with E-state index in [0.29, 0.717) is 17.1 Å². The zero-order valence-corrected chi connectivity index (χ0v) is 13.0. The van der Waals surface area contributed by atoms with Crippen molar-refractivity contribution in [1.29, 1.82) is 0 Å². The first-order chi connectivity index (χ1) is 10.2. The van der Waals surface area contributed by atoms with Gasteiger partial charge in [0.25, 0.3) is 5.91 Å². The van der Waals surface area contributed by atoms with E-state index in [0.717, 1.165) is 9.13 Å². The van der Waals surface area contributed by atoms with Gasteiger partial charge >= 0.3 is 0 Å². The number of halogens is 1. The van der Waals surface area contributed by atoms with Crippen molar-refractivity contribution in [3.8, 4) is 11.5 Å². The van der Waals surface area contributed by atoms with Crippen molar-refractivity contribution in [2.75, 3.05) is 6.79 Å². The van der Waals surface area contributed by atoms with E-state index in [2.05, 4.69) is 33.1 Å². The van der Waals surface area contributed by atoms with Gasteiger partial charge in [0.15, 0.2) is 11.5 Å². The number of hydrogen-bond acceptors (Lipinski definition) is 4. The maximum atomic E-state index is 12.0. The monoisotopic (exact) mass is 394 g/mol. The van der Waals surface area contributed by atoms with Crippen LogP contribution in [-0.4, -0.2) is 18.9 Å². The predicted molar refractivity (Wildman–Crippen MR) is 86.8 cm³/mol. The highest BCUT2D eigenvalue weighted by Gasteiger charge is 2.15. The Morgan fingerprint density at radius 1 is 1.19 bits per heavy atom. The number of rotatable bonds is 3. The summed E-state index contributed by atoms with van der Waals surface area (Å²) in [6.07, 6.45) is 1.60. The molecule has 21 heavy (non-hydrogen) atoms. The van der Waals surface area contributed by atoms with E-state index in [1.54, 1.807) is 24.4 Å². The fourth-order valence-electron chi connectivity index (χ4n) is 1.85. The van der Waals surface area contributed by atoms with E-state index in [4.69, 9.17) is 9.47 Å². The van der Waals surface area contributed by atoms with Gasteiger partial charge in [0, 0.05) is 9.13 Å². The minimum Gasteiger partial charge on any atom is -0.454 e. The molecule has 2 aromatic carbocycles. The van der Waals surface area contributed by atoms with Crippen LogP contribution in [0.2, 0.25) is 0 Å². The maximum absolute atomic E-state index is 12.0. The van der Waals surface area contributed by atoms with Gasteiger partial charge in [-0.05, 0) is 58.5 Å². The predicted octanol–water partition coefficient (Wildman–Crippen LogP) is 2.78. The van der Waals surface area contributed by atoms with Crippen LogP contribution in [0.3, 0.4) is 0 Å². The normalized spacial score (nSPS) is 12.6. The fourth-order valence-corrected chi connectivity index (χ4v) is 2.42. The summed E-state index contributed by atoms with van der Waals surface area (Å²) in [5.41, 5.74) is 3.89. The number of amides is 1. The lowest BCUT2D eigenvalue weighted by Gasteiger charge is -2.01. The van der Waals surface area contributed by atoms with Gasteiger partial charge in [-0.3, -0.25) is 4.79 Å². The summed E-state index contributed by atoms with van der Waals surface area (Å²) in [6.45, 7) is 0.186. The van der Waals surface area contributed by atoms with E-state index in [1.807, 2.05) is 24.3 Å². The molecule has 0 radical (unpaired) electrons. The van der Waals surface area contributed by atoms with Crippen LogP contribution in [0.25, 0.3) is 0 Å². The SMILES string of the molecule is O=C(N/N=C\c1cccc(I)c1)c1ccc2c(c1)OCO2. The first kappa shape index (κ1) is 13.9. The molecule has 1 aliphatic heterocycles. The third kappa shape index (κ3) is 3.33. The molecule has 0 bridgehead atoms. The highest BCUT2D eigenvalue weighted by Crippen LogP contribution is 2.32. The molecule has 0 aromatic heterocycles.